The fourth-order valence-corrected chi connectivity index (χ4v) is 3.65. The molecule has 0 aliphatic carbocycles. The molecule has 0 heterocycles. The summed E-state index contributed by atoms with van der Waals surface area (Å²) < 4.78 is 31.3. The number of carboxylic acid groups (broad SMARTS) is 1. The third kappa shape index (κ3) is 3.93. The van der Waals surface area contributed by atoms with Crippen LogP contribution in [0.15, 0.2) is 59.5 Å². The maximum absolute atomic E-state index is 12.6. The molecule has 1 atom stereocenters. The van der Waals surface area contributed by atoms with Crippen LogP contribution in [0.2, 0.25) is 0 Å². The summed E-state index contributed by atoms with van der Waals surface area (Å²) in [6, 6.07) is 13.5. The Kier molecular flexibility index (Phi) is 5.58. The molecule has 7 heteroatoms. The predicted molar refractivity (Wildman–Crippen MR) is 89.5 cm³/mol. The first kappa shape index (κ1) is 18.0. The van der Waals surface area contributed by atoms with Crippen LogP contribution in [0.5, 0.6) is 5.75 Å². The van der Waals surface area contributed by atoms with E-state index in [1.54, 1.807) is 42.5 Å². The number of nitrogens with zero attached hydrogens (tertiary/aromatic N) is 1. The summed E-state index contributed by atoms with van der Waals surface area (Å²) in [5.74, 6) is -0.620. The Hall–Kier alpha value is -2.38. The van der Waals surface area contributed by atoms with E-state index in [0.29, 0.717) is 11.3 Å². The smallest absolute Gasteiger partial charge is 0.322 e. The molecule has 24 heavy (non-hydrogen) atoms. The van der Waals surface area contributed by atoms with E-state index in [1.807, 2.05) is 0 Å². The number of benzene rings is 2. The molecule has 0 amide bonds. The lowest BCUT2D eigenvalue weighted by Crippen LogP contribution is -2.43. The predicted octanol–water partition coefficient (Wildman–Crippen LogP) is 2.01. The largest absolute Gasteiger partial charge is 0.497 e. The molecular weight excluding hydrogens is 330 g/mol. The van der Waals surface area contributed by atoms with Gasteiger partial charge in [-0.15, -0.1) is 0 Å². The van der Waals surface area contributed by atoms with Crippen LogP contribution in [0.1, 0.15) is 5.56 Å². The zero-order valence-electron chi connectivity index (χ0n) is 13.4. The van der Waals surface area contributed by atoms with Crippen molar-refractivity contribution < 1.29 is 23.1 Å². The Morgan fingerprint density at radius 2 is 1.83 bits per heavy atom. The molecule has 128 valence electrons. The van der Waals surface area contributed by atoms with E-state index in [9.17, 15) is 18.3 Å². The zero-order valence-corrected chi connectivity index (χ0v) is 14.2. The molecular formula is C17H19NO5S. The van der Waals surface area contributed by atoms with Gasteiger partial charge in [-0.2, -0.15) is 4.31 Å². The summed E-state index contributed by atoms with van der Waals surface area (Å²) in [6.45, 7) is 0. The zero-order chi connectivity index (χ0) is 17.7. The Bertz CT molecular complexity index is 805. The number of sulfonamides is 1. The number of carboxylic acids is 1. The van der Waals surface area contributed by atoms with Gasteiger partial charge in [0.1, 0.15) is 11.8 Å². The van der Waals surface area contributed by atoms with Gasteiger partial charge in [-0.3, -0.25) is 4.79 Å². The second-order valence-electron chi connectivity index (χ2n) is 5.24. The van der Waals surface area contributed by atoms with Crippen LogP contribution in [-0.4, -0.2) is 44.0 Å². The van der Waals surface area contributed by atoms with Gasteiger partial charge in [0.05, 0.1) is 12.0 Å². The minimum absolute atomic E-state index is 0.0368. The molecule has 0 saturated heterocycles. The van der Waals surface area contributed by atoms with Crippen LogP contribution in [0.3, 0.4) is 0 Å². The van der Waals surface area contributed by atoms with Crippen molar-refractivity contribution >= 4 is 16.0 Å². The molecule has 0 bridgehead atoms. The van der Waals surface area contributed by atoms with Crippen LogP contribution < -0.4 is 4.74 Å². The summed E-state index contributed by atoms with van der Waals surface area (Å²) in [4.78, 5) is 11.7. The van der Waals surface area contributed by atoms with E-state index < -0.39 is 22.0 Å². The minimum atomic E-state index is -3.90. The molecule has 0 fully saturated rings. The Morgan fingerprint density at radius 3 is 2.42 bits per heavy atom. The molecule has 0 unspecified atom stereocenters. The van der Waals surface area contributed by atoms with Gasteiger partial charge in [0, 0.05) is 7.05 Å². The van der Waals surface area contributed by atoms with Crippen LogP contribution in [-0.2, 0) is 21.2 Å². The standard InChI is InChI=1S/C17H19NO5S/c1-18(24(21,22)15-9-4-3-5-10-15)16(17(19)20)12-13-7-6-8-14(11-13)23-2/h3-11,16H,12H2,1-2H3,(H,19,20)/t16-/m0/s1. The summed E-state index contributed by atoms with van der Waals surface area (Å²) in [5.41, 5.74) is 0.678. The number of methoxy groups -OCH3 is 1. The number of rotatable bonds is 7. The van der Waals surface area contributed by atoms with Crippen molar-refractivity contribution in [3.8, 4) is 5.75 Å². The van der Waals surface area contributed by atoms with Crippen LogP contribution in [0.25, 0.3) is 0 Å². The van der Waals surface area contributed by atoms with E-state index in [2.05, 4.69) is 0 Å². The lowest BCUT2D eigenvalue weighted by atomic mass is 10.1. The quantitative estimate of drug-likeness (QED) is 0.827. The second-order valence-corrected chi connectivity index (χ2v) is 7.24. The monoisotopic (exact) mass is 349 g/mol. The van der Waals surface area contributed by atoms with Crippen molar-refractivity contribution in [2.75, 3.05) is 14.2 Å². The molecule has 0 spiro atoms. The first-order valence-corrected chi connectivity index (χ1v) is 8.69. The summed E-state index contributed by atoms with van der Waals surface area (Å²) in [6.07, 6.45) is 0.0368. The summed E-state index contributed by atoms with van der Waals surface area (Å²) in [5, 5.41) is 9.50. The number of carbonyl (C=O) groups is 1. The topological polar surface area (TPSA) is 83.9 Å². The Morgan fingerprint density at radius 1 is 1.17 bits per heavy atom. The molecule has 1 N–H and O–H groups in total. The highest BCUT2D eigenvalue weighted by Gasteiger charge is 2.32. The van der Waals surface area contributed by atoms with Gasteiger partial charge in [0.15, 0.2) is 0 Å². The van der Waals surface area contributed by atoms with Gasteiger partial charge in [0.25, 0.3) is 0 Å². The van der Waals surface area contributed by atoms with E-state index in [0.717, 1.165) is 4.31 Å². The molecule has 0 aliphatic heterocycles. The number of hydrogen-bond acceptors (Lipinski definition) is 4. The van der Waals surface area contributed by atoms with Crippen molar-refractivity contribution in [2.24, 2.45) is 0 Å². The Labute approximate surface area is 141 Å². The average Bonchev–Trinajstić information content (AvgIpc) is 2.59. The van der Waals surface area contributed by atoms with E-state index >= 15 is 0 Å². The maximum Gasteiger partial charge on any atom is 0.322 e. The fraction of sp³-hybridized carbons (Fsp3) is 0.235. The highest BCUT2D eigenvalue weighted by atomic mass is 32.2. The van der Waals surface area contributed by atoms with Crippen molar-refractivity contribution in [3.63, 3.8) is 0 Å². The first-order valence-electron chi connectivity index (χ1n) is 7.25. The molecule has 0 aromatic heterocycles. The first-order chi connectivity index (χ1) is 11.4. The molecule has 6 nitrogen and oxygen atoms in total. The number of hydrogen-bond donors (Lipinski definition) is 1. The maximum atomic E-state index is 12.6. The van der Waals surface area contributed by atoms with E-state index in [1.165, 1.54) is 26.3 Å². The van der Waals surface area contributed by atoms with Gasteiger partial charge in [-0.05, 0) is 36.2 Å². The number of likely N-dealkylation sites (N-methyl/N-ethyl adjacent to an activating group) is 1. The van der Waals surface area contributed by atoms with Crippen molar-refractivity contribution in [1.29, 1.82) is 0 Å². The molecule has 0 saturated carbocycles. The normalized spacial score (nSPS) is 12.8. The van der Waals surface area contributed by atoms with Crippen LogP contribution >= 0.6 is 0 Å². The molecule has 0 aliphatic rings. The highest BCUT2D eigenvalue weighted by Crippen LogP contribution is 2.20. The Balaban J connectivity index is 2.31. The SMILES string of the molecule is COc1cccc(C[C@@H](C(=O)O)N(C)S(=O)(=O)c2ccccc2)c1. The third-order valence-corrected chi connectivity index (χ3v) is 5.59. The van der Waals surface area contributed by atoms with Gasteiger partial charge in [0.2, 0.25) is 10.0 Å². The van der Waals surface area contributed by atoms with Crippen molar-refractivity contribution in [2.45, 2.75) is 17.4 Å². The number of ether oxygens (including phenoxy) is 1. The second kappa shape index (κ2) is 7.46. The lowest BCUT2D eigenvalue weighted by Gasteiger charge is -2.24. The summed E-state index contributed by atoms with van der Waals surface area (Å²) >= 11 is 0. The molecule has 0 radical (unpaired) electrons. The average molecular weight is 349 g/mol. The molecule has 2 aromatic carbocycles. The van der Waals surface area contributed by atoms with Crippen molar-refractivity contribution in [3.05, 3.63) is 60.2 Å². The van der Waals surface area contributed by atoms with Crippen LogP contribution in [0, 0.1) is 0 Å². The van der Waals surface area contributed by atoms with E-state index in [-0.39, 0.29) is 11.3 Å². The molecule has 2 aromatic rings. The van der Waals surface area contributed by atoms with Gasteiger partial charge < -0.3 is 9.84 Å². The van der Waals surface area contributed by atoms with Crippen LogP contribution in [0.4, 0.5) is 0 Å². The van der Waals surface area contributed by atoms with Gasteiger partial charge in [-0.1, -0.05) is 30.3 Å². The lowest BCUT2D eigenvalue weighted by molar-refractivity contribution is -0.141. The highest BCUT2D eigenvalue weighted by molar-refractivity contribution is 7.89. The number of aliphatic carboxylic acids is 1. The fourth-order valence-electron chi connectivity index (χ4n) is 2.32. The van der Waals surface area contributed by atoms with Gasteiger partial charge >= 0.3 is 5.97 Å². The minimum Gasteiger partial charge on any atom is -0.497 e. The summed E-state index contributed by atoms with van der Waals surface area (Å²) in [7, 11) is -1.11. The van der Waals surface area contributed by atoms with E-state index in [4.69, 9.17) is 4.74 Å². The third-order valence-electron chi connectivity index (χ3n) is 3.71. The van der Waals surface area contributed by atoms with Gasteiger partial charge in [-0.25, -0.2) is 8.42 Å². The molecule has 2 rings (SSSR count). The van der Waals surface area contributed by atoms with Crippen molar-refractivity contribution in [1.82, 2.24) is 4.31 Å².